The van der Waals surface area contributed by atoms with Gasteiger partial charge in [0.2, 0.25) is 0 Å². The minimum Gasteiger partial charge on any atom is -0.464 e. The van der Waals surface area contributed by atoms with Crippen molar-refractivity contribution in [3.05, 3.63) is 29.0 Å². The van der Waals surface area contributed by atoms with Gasteiger partial charge in [0.1, 0.15) is 0 Å². The van der Waals surface area contributed by atoms with Gasteiger partial charge in [0.25, 0.3) is 0 Å². The Labute approximate surface area is 92.8 Å². The first-order valence-electron chi connectivity index (χ1n) is 4.58. The predicted octanol–water partition coefficient (Wildman–Crippen LogP) is 1.20. The number of hydrogen-bond acceptors (Lipinski definition) is 4. The van der Waals surface area contributed by atoms with E-state index in [1.807, 2.05) is 0 Å². The Morgan fingerprint density at radius 3 is 3.07 bits per heavy atom. The summed E-state index contributed by atoms with van der Waals surface area (Å²) in [7, 11) is 0. The quantitative estimate of drug-likeness (QED) is 0.789. The fraction of sp³-hybridized carbons (Fsp3) is 0.400. The summed E-state index contributed by atoms with van der Waals surface area (Å²) in [5.74, 6) is -0.634. The summed E-state index contributed by atoms with van der Waals surface area (Å²) >= 11 is 5.82. The number of carbonyl (C=O) groups excluding carboxylic acids is 1. The van der Waals surface area contributed by atoms with Crippen LogP contribution < -0.4 is 0 Å². The first kappa shape index (κ1) is 11.9. The maximum Gasteiger partial charge on any atom is 0.335 e. The molecule has 1 unspecified atom stereocenters. The normalized spacial score (nSPS) is 12.2. The zero-order valence-corrected chi connectivity index (χ0v) is 9.07. The van der Waals surface area contributed by atoms with Gasteiger partial charge in [-0.3, -0.25) is 4.98 Å². The summed E-state index contributed by atoms with van der Waals surface area (Å²) in [5, 5.41) is 9.90. The van der Waals surface area contributed by atoms with Crippen LogP contribution >= 0.6 is 11.6 Å². The van der Waals surface area contributed by atoms with Crippen molar-refractivity contribution in [3.8, 4) is 0 Å². The van der Waals surface area contributed by atoms with Gasteiger partial charge in [-0.2, -0.15) is 0 Å². The smallest absolute Gasteiger partial charge is 0.335 e. The van der Waals surface area contributed by atoms with E-state index in [1.54, 1.807) is 19.2 Å². The number of carbonyl (C=O) groups is 1. The first-order valence-corrected chi connectivity index (χ1v) is 4.96. The highest BCUT2D eigenvalue weighted by atomic mass is 35.5. The molecule has 1 aromatic rings. The lowest BCUT2D eigenvalue weighted by Gasteiger charge is -2.10. The van der Waals surface area contributed by atoms with Crippen molar-refractivity contribution in [1.29, 1.82) is 0 Å². The third kappa shape index (κ3) is 3.49. The van der Waals surface area contributed by atoms with Crippen LogP contribution in [0.4, 0.5) is 0 Å². The van der Waals surface area contributed by atoms with Gasteiger partial charge in [-0.15, -0.1) is 0 Å². The Kier molecular flexibility index (Phi) is 4.52. The summed E-state index contributed by atoms with van der Waals surface area (Å²) in [6.07, 6.45) is 1.98. The van der Waals surface area contributed by atoms with Gasteiger partial charge in [0.15, 0.2) is 6.10 Å². The van der Waals surface area contributed by atoms with E-state index in [0.29, 0.717) is 10.6 Å². The molecule has 0 amide bonds. The van der Waals surface area contributed by atoms with E-state index in [2.05, 4.69) is 9.72 Å². The fourth-order valence-corrected chi connectivity index (χ4v) is 1.30. The van der Waals surface area contributed by atoms with Crippen molar-refractivity contribution < 1.29 is 14.6 Å². The number of rotatable bonds is 4. The summed E-state index contributed by atoms with van der Waals surface area (Å²) < 4.78 is 4.67. The van der Waals surface area contributed by atoms with Gasteiger partial charge in [-0.25, -0.2) is 4.79 Å². The van der Waals surface area contributed by atoms with Crippen molar-refractivity contribution in [2.45, 2.75) is 19.4 Å². The molecule has 0 radical (unpaired) electrons. The highest BCUT2D eigenvalue weighted by Gasteiger charge is 2.17. The molecule has 0 aromatic carbocycles. The van der Waals surface area contributed by atoms with Crippen LogP contribution in [-0.4, -0.2) is 28.8 Å². The summed E-state index contributed by atoms with van der Waals surface area (Å²) in [6.45, 7) is 1.93. The van der Waals surface area contributed by atoms with Gasteiger partial charge in [0.05, 0.1) is 11.6 Å². The Morgan fingerprint density at radius 1 is 1.73 bits per heavy atom. The van der Waals surface area contributed by atoms with Crippen LogP contribution in [0.2, 0.25) is 5.02 Å². The number of aromatic nitrogens is 1. The third-order valence-corrected chi connectivity index (χ3v) is 2.17. The molecular formula is C10H12ClNO3. The average Bonchev–Trinajstić information content (AvgIpc) is 2.21. The molecule has 0 aliphatic carbocycles. The van der Waals surface area contributed by atoms with Gasteiger partial charge >= 0.3 is 5.97 Å². The van der Waals surface area contributed by atoms with Gasteiger partial charge < -0.3 is 9.84 Å². The molecule has 1 aromatic heterocycles. The van der Waals surface area contributed by atoms with E-state index in [9.17, 15) is 9.90 Å². The SMILES string of the molecule is CCOC(=O)C(O)Cc1ccncc1Cl. The molecule has 1 atom stereocenters. The van der Waals surface area contributed by atoms with E-state index in [1.165, 1.54) is 6.20 Å². The molecular weight excluding hydrogens is 218 g/mol. The van der Waals surface area contributed by atoms with Gasteiger partial charge in [-0.05, 0) is 18.6 Å². The number of nitrogens with zero attached hydrogens (tertiary/aromatic N) is 1. The topological polar surface area (TPSA) is 59.4 Å². The number of halogens is 1. The molecule has 82 valence electrons. The molecule has 5 heteroatoms. The average molecular weight is 230 g/mol. The van der Waals surface area contributed by atoms with Crippen molar-refractivity contribution in [2.75, 3.05) is 6.61 Å². The number of ether oxygens (including phenoxy) is 1. The predicted molar refractivity (Wildman–Crippen MR) is 55.6 cm³/mol. The van der Waals surface area contributed by atoms with Crippen molar-refractivity contribution >= 4 is 17.6 Å². The zero-order valence-electron chi connectivity index (χ0n) is 8.31. The van der Waals surface area contributed by atoms with Crippen LogP contribution in [0, 0.1) is 0 Å². The van der Waals surface area contributed by atoms with Gasteiger partial charge in [0, 0.05) is 18.8 Å². The Balaban J connectivity index is 2.62. The highest BCUT2D eigenvalue weighted by molar-refractivity contribution is 6.31. The molecule has 15 heavy (non-hydrogen) atoms. The molecule has 1 heterocycles. The molecule has 0 aliphatic rings. The first-order chi connectivity index (χ1) is 7.15. The number of pyridine rings is 1. The van der Waals surface area contributed by atoms with Crippen LogP contribution in [0.3, 0.4) is 0 Å². The van der Waals surface area contributed by atoms with Gasteiger partial charge in [-0.1, -0.05) is 11.6 Å². The van der Waals surface area contributed by atoms with E-state index in [0.717, 1.165) is 0 Å². The Morgan fingerprint density at radius 2 is 2.47 bits per heavy atom. The molecule has 0 bridgehead atoms. The van der Waals surface area contributed by atoms with Crippen LogP contribution in [0.1, 0.15) is 12.5 Å². The molecule has 0 fully saturated rings. The highest BCUT2D eigenvalue weighted by Crippen LogP contribution is 2.15. The second-order valence-electron chi connectivity index (χ2n) is 2.94. The maximum atomic E-state index is 11.1. The second kappa shape index (κ2) is 5.68. The molecule has 1 rings (SSSR count). The van der Waals surface area contributed by atoms with Crippen LogP contribution in [-0.2, 0) is 16.0 Å². The van der Waals surface area contributed by atoms with E-state index >= 15 is 0 Å². The fourth-order valence-electron chi connectivity index (χ4n) is 1.10. The van der Waals surface area contributed by atoms with E-state index in [-0.39, 0.29) is 13.0 Å². The number of aliphatic hydroxyl groups excluding tert-OH is 1. The lowest BCUT2D eigenvalue weighted by molar-refractivity contribution is -0.152. The summed E-state index contributed by atoms with van der Waals surface area (Å²) in [4.78, 5) is 14.9. The largest absolute Gasteiger partial charge is 0.464 e. The number of aliphatic hydroxyl groups is 1. The summed E-state index contributed by atoms with van der Waals surface area (Å²) in [6, 6.07) is 1.66. The maximum absolute atomic E-state index is 11.1. The second-order valence-corrected chi connectivity index (χ2v) is 3.35. The molecule has 4 nitrogen and oxygen atoms in total. The van der Waals surface area contributed by atoms with Crippen molar-refractivity contribution in [1.82, 2.24) is 4.98 Å². The number of esters is 1. The molecule has 0 saturated heterocycles. The van der Waals surface area contributed by atoms with Crippen LogP contribution in [0.25, 0.3) is 0 Å². The Bertz CT molecular complexity index is 343. The molecule has 0 saturated carbocycles. The molecule has 0 spiro atoms. The minimum absolute atomic E-state index is 0.139. The number of hydrogen-bond donors (Lipinski definition) is 1. The summed E-state index contributed by atoms with van der Waals surface area (Å²) in [5.41, 5.74) is 0.673. The lowest BCUT2D eigenvalue weighted by atomic mass is 10.1. The standard InChI is InChI=1S/C10H12ClNO3/c1-2-15-10(14)9(13)5-7-3-4-12-6-8(7)11/h3-4,6,9,13H,2,5H2,1H3. The van der Waals surface area contributed by atoms with E-state index in [4.69, 9.17) is 11.6 Å². The lowest BCUT2D eigenvalue weighted by Crippen LogP contribution is -2.25. The molecule has 0 aliphatic heterocycles. The van der Waals surface area contributed by atoms with Crippen LogP contribution in [0.5, 0.6) is 0 Å². The third-order valence-electron chi connectivity index (χ3n) is 1.83. The Hall–Kier alpha value is -1.13. The monoisotopic (exact) mass is 229 g/mol. The molecule has 1 N–H and O–H groups in total. The van der Waals surface area contributed by atoms with Crippen molar-refractivity contribution in [3.63, 3.8) is 0 Å². The van der Waals surface area contributed by atoms with Crippen molar-refractivity contribution in [2.24, 2.45) is 0 Å². The van der Waals surface area contributed by atoms with Crippen LogP contribution in [0.15, 0.2) is 18.5 Å². The minimum atomic E-state index is -1.18. The zero-order chi connectivity index (χ0) is 11.3. The van der Waals surface area contributed by atoms with E-state index < -0.39 is 12.1 Å².